The topological polar surface area (TPSA) is 90.4 Å². The molecule has 8 nitrogen and oxygen atoms in total. The molecule has 1 atom stereocenters. The summed E-state index contributed by atoms with van der Waals surface area (Å²) in [5, 5.41) is 10.8. The Balaban J connectivity index is 1.48. The van der Waals surface area contributed by atoms with Crippen molar-refractivity contribution in [1.82, 2.24) is 14.7 Å². The lowest BCUT2D eigenvalue weighted by Gasteiger charge is -2.35. The minimum Gasteiger partial charge on any atom is -0.490 e. The van der Waals surface area contributed by atoms with Crippen molar-refractivity contribution in [2.75, 3.05) is 33.3 Å². The number of carbonyl (C=O) groups is 3. The number of benzene rings is 2. The van der Waals surface area contributed by atoms with Crippen molar-refractivity contribution in [3.05, 3.63) is 63.6 Å². The van der Waals surface area contributed by atoms with Crippen molar-refractivity contribution in [2.45, 2.75) is 51.1 Å². The zero-order chi connectivity index (χ0) is 27.9. The van der Waals surface area contributed by atoms with Gasteiger partial charge in [-0.15, -0.1) is 0 Å². The predicted molar refractivity (Wildman–Crippen MR) is 150 cm³/mol. The number of ether oxygens (including phenoxy) is 1. The third-order valence-corrected chi connectivity index (χ3v) is 8.01. The first-order chi connectivity index (χ1) is 18.7. The van der Waals surface area contributed by atoms with E-state index >= 15 is 0 Å². The van der Waals surface area contributed by atoms with E-state index < -0.39 is 5.97 Å². The fourth-order valence-corrected chi connectivity index (χ4v) is 5.83. The van der Waals surface area contributed by atoms with Gasteiger partial charge < -0.3 is 14.7 Å². The normalized spacial score (nSPS) is 17.2. The van der Waals surface area contributed by atoms with E-state index in [1.165, 1.54) is 29.1 Å². The molecule has 210 valence electrons. The number of carboxylic acids is 1. The van der Waals surface area contributed by atoms with Crippen LogP contribution in [0.1, 0.15) is 55.7 Å². The maximum Gasteiger partial charge on any atom is 0.327 e. The van der Waals surface area contributed by atoms with Crippen molar-refractivity contribution in [3.63, 3.8) is 0 Å². The van der Waals surface area contributed by atoms with E-state index in [1.807, 2.05) is 24.3 Å². The number of rotatable bonds is 12. The highest BCUT2D eigenvalue weighted by molar-refractivity contribution is 6.32. The first kappa shape index (κ1) is 29.2. The molecule has 2 fully saturated rings. The molecule has 1 N–H and O–H groups in total. The molecule has 4 rings (SSSR count). The number of likely N-dealkylation sites (N-methyl/N-ethyl adjacent to an activating group) is 1. The molecule has 1 heterocycles. The number of carbonyl (C=O) groups excluding carboxylic acids is 2. The number of carboxylic acid groups (broad SMARTS) is 1. The van der Waals surface area contributed by atoms with E-state index in [1.54, 1.807) is 25.2 Å². The van der Waals surface area contributed by atoms with Gasteiger partial charge in [-0.2, -0.15) is 0 Å². The highest BCUT2D eigenvalue weighted by atomic mass is 35.5. The lowest BCUT2D eigenvalue weighted by atomic mass is 9.88. The minimum absolute atomic E-state index is 0.0214. The zero-order valence-corrected chi connectivity index (χ0v) is 23.7. The summed E-state index contributed by atoms with van der Waals surface area (Å²) in [6, 6.07) is 12.3. The molecule has 1 saturated carbocycles. The molecule has 2 aromatic carbocycles. The maximum absolute atomic E-state index is 12.1. The van der Waals surface area contributed by atoms with Gasteiger partial charge in [0.15, 0.2) is 0 Å². The number of aliphatic carboxylic acids is 1. The third kappa shape index (κ3) is 7.87. The summed E-state index contributed by atoms with van der Waals surface area (Å²) in [5.74, 6) is -0.129. The van der Waals surface area contributed by atoms with Crippen molar-refractivity contribution < 1.29 is 24.2 Å². The van der Waals surface area contributed by atoms with Crippen LogP contribution >= 0.6 is 23.2 Å². The average Bonchev–Trinajstić information content (AvgIpc) is 3.15. The summed E-state index contributed by atoms with van der Waals surface area (Å²) in [7, 11) is 1.59. The van der Waals surface area contributed by atoms with Crippen LogP contribution in [0.4, 0.5) is 4.79 Å². The Bertz CT molecular complexity index is 1170. The quantitative estimate of drug-likeness (QED) is 0.318. The first-order valence-electron chi connectivity index (χ1n) is 13.4. The van der Waals surface area contributed by atoms with Gasteiger partial charge >= 0.3 is 12.0 Å². The van der Waals surface area contributed by atoms with Crippen LogP contribution < -0.4 is 4.74 Å². The van der Waals surface area contributed by atoms with E-state index in [9.17, 15) is 19.5 Å². The molecule has 0 bridgehead atoms. The molecule has 1 unspecified atom stereocenters. The van der Waals surface area contributed by atoms with Crippen LogP contribution in [0.3, 0.4) is 0 Å². The SMILES string of the molecule is CN1CC(=O)N(CCOc2ccc(CN(CC3CCCCC3)C(CC(=O)O)c3ccc(Cl)cc3)cc2Cl)C1=O. The van der Waals surface area contributed by atoms with E-state index in [-0.39, 0.29) is 44.1 Å². The Morgan fingerprint density at radius 3 is 2.44 bits per heavy atom. The van der Waals surface area contributed by atoms with Crippen LogP contribution in [0, 0.1) is 5.92 Å². The Kier molecular flexibility index (Phi) is 10.1. The summed E-state index contributed by atoms with van der Waals surface area (Å²) in [5.41, 5.74) is 1.86. The third-order valence-electron chi connectivity index (χ3n) is 7.47. The molecule has 2 aliphatic rings. The largest absolute Gasteiger partial charge is 0.490 e. The molecule has 39 heavy (non-hydrogen) atoms. The van der Waals surface area contributed by atoms with Crippen LogP contribution in [-0.4, -0.2) is 71.0 Å². The molecule has 2 aromatic rings. The van der Waals surface area contributed by atoms with Gasteiger partial charge in [-0.3, -0.25) is 19.4 Å². The summed E-state index contributed by atoms with van der Waals surface area (Å²) in [6.07, 6.45) is 5.91. The van der Waals surface area contributed by atoms with Crippen molar-refractivity contribution in [1.29, 1.82) is 0 Å². The highest BCUT2D eigenvalue weighted by Gasteiger charge is 2.33. The number of imide groups is 1. The number of hydrogen-bond donors (Lipinski definition) is 1. The number of amides is 3. The van der Waals surface area contributed by atoms with E-state index in [4.69, 9.17) is 27.9 Å². The van der Waals surface area contributed by atoms with Crippen LogP contribution in [0.15, 0.2) is 42.5 Å². The number of urea groups is 1. The maximum atomic E-state index is 12.1. The number of halogens is 2. The lowest BCUT2D eigenvalue weighted by Crippen LogP contribution is -2.35. The summed E-state index contributed by atoms with van der Waals surface area (Å²) in [4.78, 5) is 40.7. The molecule has 3 amide bonds. The van der Waals surface area contributed by atoms with Gasteiger partial charge in [0.25, 0.3) is 0 Å². The molecule has 0 spiro atoms. The summed E-state index contributed by atoms with van der Waals surface area (Å²) in [6.45, 7) is 1.68. The lowest BCUT2D eigenvalue weighted by molar-refractivity contribution is -0.138. The second-order valence-electron chi connectivity index (χ2n) is 10.4. The monoisotopic (exact) mass is 575 g/mol. The fraction of sp³-hybridized carbons (Fsp3) is 0.483. The average molecular weight is 577 g/mol. The summed E-state index contributed by atoms with van der Waals surface area (Å²) >= 11 is 12.7. The molecule has 1 aliphatic heterocycles. The molecule has 0 radical (unpaired) electrons. The van der Waals surface area contributed by atoms with Gasteiger partial charge in [-0.05, 0) is 54.2 Å². The Labute approximate surface area is 239 Å². The molecule has 1 saturated heterocycles. The van der Waals surface area contributed by atoms with Gasteiger partial charge in [0.1, 0.15) is 18.9 Å². The Morgan fingerprint density at radius 2 is 1.82 bits per heavy atom. The van der Waals surface area contributed by atoms with Crippen LogP contribution in [0.25, 0.3) is 0 Å². The molecule has 1 aliphatic carbocycles. The molecular weight excluding hydrogens is 541 g/mol. The van der Waals surface area contributed by atoms with Gasteiger partial charge in [0.05, 0.1) is 18.0 Å². The minimum atomic E-state index is -0.855. The van der Waals surface area contributed by atoms with Gasteiger partial charge in [-0.25, -0.2) is 4.79 Å². The van der Waals surface area contributed by atoms with Crippen LogP contribution in [0.5, 0.6) is 5.75 Å². The number of nitrogens with zero attached hydrogens (tertiary/aromatic N) is 3. The van der Waals surface area contributed by atoms with E-state index in [2.05, 4.69) is 4.90 Å². The Morgan fingerprint density at radius 1 is 1.10 bits per heavy atom. The van der Waals surface area contributed by atoms with Crippen molar-refractivity contribution >= 4 is 41.1 Å². The zero-order valence-electron chi connectivity index (χ0n) is 22.2. The second-order valence-corrected chi connectivity index (χ2v) is 11.2. The van der Waals surface area contributed by atoms with E-state index in [0.717, 1.165) is 30.5 Å². The van der Waals surface area contributed by atoms with Gasteiger partial charge in [0, 0.05) is 31.2 Å². The highest BCUT2D eigenvalue weighted by Crippen LogP contribution is 2.33. The number of hydrogen-bond acceptors (Lipinski definition) is 5. The molecular formula is C29H35Cl2N3O5. The van der Waals surface area contributed by atoms with E-state index in [0.29, 0.717) is 28.3 Å². The molecule has 10 heteroatoms. The standard InChI is InChI=1S/C29H35Cl2N3O5/c1-32-19-27(35)34(29(32)38)13-14-39-26-12-7-21(15-24(26)31)18-33(17-20-5-3-2-4-6-20)25(16-28(36)37)22-8-10-23(30)11-9-22/h7-12,15,20,25H,2-6,13-14,16-19H2,1H3,(H,36,37). The van der Waals surface area contributed by atoms with Crippen molar-refractivity contribution in [2.24, 2.45) is 5.92 Å². The van der Waals surface area contributed by atoms with Gasteiger partial charge in [-0.1, -0.05) is 60.7 Å². The smallest absolute Gasteiger partial charge is 0.327 e. The first-order valence-corrected chi connectivity index (χ1v) is 14.1. The predicted octanol–water partition coefficient (Wildman–Crippen LogP) is 5.86. The summed E-state index contributed by atoms with van der Waals surface area (Å²) < 4.78 is 5.79. The van der Waals surface area contributed by atoms with Crippen molar-refractivity contribution in [3.8, 4) is 5.75 Å². The second kappa shape index (κ2) is 13.5. The van der Waals surface area contributed by atoms with Gasteiger partial charge in [0.2, 0.25) is 5.91 Å². The molecule has 0 aromatic heterocycles. The van der Waals surface area contributed by atoms with Crippen LogP contribution in [-0.2, 0) is 16.1 Å². The fourth-order valence-electron chi connectivity index (χ4n) is 5.44. The van der Waals surface area contributed by atoms with Crippen LogP contribution in [0.2, 0.25) is 10.0 Å². The Hall–Kier alpha value is -2.81.